The van der Waals surface area contributed by atoms with Gasteiger partial charge in [-0.2, -0.15) is 5.10 Å². The van der Waals surface area contributed by atoms with Gasteiger partial charge < -0.3 is 5.73 Å². The lowest BCUT2D eigenvalue weighted by atomic mass is 9.49. The van der Waals surface area contributed by atoms with Crippen molar-refractivity contribution in [3.8, 4) is 0 Å². The maximum absolute atomic E-state index is 5.65. The van der Waals surface area contributed by atoms with Crippen LogP contribution in [-0.4, -0.2) is 21.3 Å². The highest BCUT2D eigenvalue weighted by atomic mass is 15.3. The van der Waals surface area contributed by atoms with Crippen LogP contribution in [0.2, 0.25) is 0 Å². The van der Waals surface area contributed by atoms with Crippen molar-refractivity contribution in [2.24, 2.45) is 36.0 Å². The molecule has 0 amide bonds. The summed E-state index contributed by atoms with van der Waals surface area (Å²) in [6, 6.07) is 0. The minimum absolute atomic E-state index is 0.538. The Hall–Kier alpha value is -0.900. The van der Waals surface area contributed by atoms with E-state index in [-0.39, 0.29) is 0 Å². The highest BCUT2D eigenvalue weighted by molar-refractivity contribution is 5.06. The normalized spacial score (nSPS) is 38.6. The third-order valence-electron chi connectivity index (χ3n) is 5.96. The van der Waals surface area contributed by atoms with Crippen LogP contribution in [0.1, 0.15) is 50.2 Å². The number of nitrogens with two attached hydrogens (primary N) is 1. The second kappa shape index (κ2) is 4.55. The first-order chi connectivity index (χ1) is 9.66. The molecule has 110 valence electrons. The van der Waals surface area contributed by atoms with E-state index in [1.807, 2.05) is 11.7 Å². The van der Waals surface area contributed by atoms with Gasteiger partial charge in [0.15, 0.2) is 5.82 Å². The van der Waals surface area contributed by atoms with Crippen molar-refractivity contribution < 1.29 is 0 Å². The van der Waals surface area contributed by atoms with Crippen LogP contribution >= 0.6 is 0 Å². The van der Waals surface area contributed by atoms with Crippen LogP contribution in [0.5, 0.6) is 0 Å². The van der Waals surface area contributed by atoms with Crippen molar-refractivity contribution in [2.75, 3.05) is 6.54 Å². The lowest BCUT2D eigenvalue weighted by molar-refractivity contribution is -0.0531. The minimum Gasteiger partial charge on any atom is -0.330 e. The number of hydrogen-bond donors (Lipinski definition) is 1. The van der Waals surface area contributed by atoms with Gasteiger partial charge in [0.1, 0.15) is 5.82 Å². The van der Waals surface area contributed by atoms with E-state index in [1.54, 1.807) is 0 Å². The van der Waals surface area contributed by atoms with Crippen molar-refractivity contribution in [2.45, 2.75) is 51.4 Å². The predicted molar refractivity (Wildman–Crippen MR) is 78.1 cm³/mol. The van der Waals surface area contributed by atoms with E-state index in [0.29, 0.717) is 12.0 Å². The van der Waals surface area contributed by atoms with E-state index in [0.717, 1.165) is 42.2 Å². The smallest absolute Gasteiger partial charge is 0.151 e. The van der Waals surface area contributed by atoms with Crippen molar-refractivity contribution in [3.05, 3.63) is 11.6 Å². The maximum Gasteiger partial charge on any atom is 0.151 e. The lowest BCUT2D eigenvalue weighted by Gasteiger charge is -2.56. The van der Waals surface area contributed by atoms with Gasteiger partial charge in [-0.15, -0.1) is 0 Å². The summed E-state index contributed by atoms with van der Waals surface area (Å²) in [6.07, 6.45) is 10.8. The Labute approximate surface area is 121 Å². The molecule has 4 fully saturated rings. The average Bonchev–Trinajstić information content (AvgIpc) is 2.67. The third-order valence-corrected chi connectivity index (χ3v) is 5.96. The van der Waals surface area contributed by atoms with Gasteiger partial charge in [0.25, 0.3) is 0 Å². The molecule has 0 atom stereocenters. The highest BCUT2D eigenvalue weighted by Crippen LogP contribution is 2.60. The number of rotatable bonds is 4. The molecule has 0 unspecified atom stereocenters. The molecular formula is C16H26N4. The number of hydrogen-bond acceptors (Lipinski definition) is 3. The molecule has 0 aromatic carbocycles. The van der Waals surface area contributed by atoms with Crippen LogP contribution in [0.15, 0.2) is 0 Å². The Morgan fingerprint density at radius 2 is 1.75 bits per heavy atom. The summed E-state index contributed by atoms with van der Waals surface area (Å²) in [7, 11) is 2.00. The predicted octanol–water partition coefficient (Wildman–Crippen LogP) is 2.08. The number of nitrogens with zero attached hydrogens (tertiary/aromatic N) is 3. The van der Waals surface area contributed by atoms with Crippen LogP contribution in [0, 0.1) is 23.2 Å². The summed E-state index contributed by atoms with van der Waals surface area (Å²) < 4.78 is 1.93. The SMILES string of the molecule is Cn1nc(CC23CC4CC(CC(C4)C2)C3)nc1CCN. The molecule has 1 aromatic heterocycles. The molecule has 5 rings (SSSR count). The molecule has 0 radical (unpaired) electrons. The summed E-state index contributed by atoms with van der Waals surface area (Å²) >= 11 is 0. The molecule has 0 spiro atoms. The number of aromatic nitrogens is 3. The highest BCUT2D eigenvalue weighted by Gasteiger charge is 2.51. The lowest BCUT2D eigenvalue weighted by Crippen LogP contribution is -2.47. The fourth-order valence-electron chi connectivity index (χ4n) is 5.74. The molecule has 4 aliphatic rings. The van der Waals surface area contributed by atoms with E-state index < -0.39 is 0 Å². The molecule has 4 bridgehead atoms. The zero-order valence-electron chi connectivity index (χ0n) is 12.5. The molecule has 0 saturated heterocycles. The minimum atomic E-state index is 0.538. The average molecular weight is 274 g/mol. The van der Waals surface area contributed by atoms with Gasteiger partial charge in [-0.05, 0) is 68.2 Å². The van der Waals surface area contributed by atoms with Crippen molar-refractivity contribution >= 4 is 0 Å². The van der Waals surface area contributed by atoms with Crippen LogP contribution < -0.4 is 5.73 Å². The summed E-state index contributed by atoms with van der Waals surface area (Å²) in [5.74, 6) is 5.14. The standard InChI is InChI=1S/C16H26N4/c1-20-15(2-3-17)18-14(19-20)10-16-7-11-4-12(8-16)6-13(5-11)9-16/h11-13H,2-10,17H2,1H3. The molecule has 4 aliphatic carbocycles. The number of aryl methyl sites for hydroxylation is 1. The summed E-state index contributed by atoms with van der Waals surface area (Å²) in [4.78, 5) is 4.75. The molecule has 20 heavy (non-hydrogen) atoms. The van der Waals surface area contributed by atoms with Crippen molar-refractivity contribution in [1.82, 2.24) is 14.8 Å². The summed E-state index contributed by atoms with van der Waals surface area (Å²) in [5, 5.41) is 4.66. The zero-order valence-corrected chi connectivity index (χ0v) is 12.5. The topological polar surface area (TPSA) is 56.7 Å². The summed E-state index contributed by atoms with van der Waals surface area (Å²) in [5.41, 5.74) is 6.18. The Kier molecular flexibility index (Phi) is 2.92. The monoisotopic (exact) mass is 274 g/mol. The Morgan fingerprint density at radius 3 is 2.30 bits per heavy atom. The van der Waals surface area contributed by atoms with Crippen LogP contribution in [0.3, 0.4) is 0 Å². The molecule has 4 saturated carbocycles. The Bertz CT molecular complexity index is 469. The van der Waals surface area contributed by atoms with Gasteiger partial charge in [-0.3, -0.25) is 4.68 Å². The van der Waals surface area contributed by atoms with Gasteiger partial charge in [0.05, 0.1) is 0 Å². The first-order valence-electron chi connectivity index (χ1n) is 8.25. The largest absolute Gasteiger partial charge is 0.330 e. The van der Waals surface area contributed by atoms with Crippen LogP contribution in [0.4, 0.5) is 0 Å². The van der Waals surface area contributed by atoms with E-state index in [1.165, 1.54) is 38.5 Å². The Balaban J connectivity index is 1.55. The molecule has 4 nitrogen and oxygen atoms in total. The van der Waals surface area contributed by atoms with Gasteiger partial charge in [-0.1, -0.05) is 0 Å². The Morgan fingerprint density at radius 1 is 1.15 bits per heavy atom. The second-order valence-corrected chi connectivity index (χ2v) is 7.70. The van der Waals surface area contributed by atoms with E-state index in [4.69, 9.17) is 10.7 Å². The van der Waals surface area contributed by atoms with Crippen LogP contribution in [0.25, 0.3) is 0 Å². The molecule has 4 heteroatoms. The first kappa shape index (κ1) is 12.8. The quantitative estimate of drug-likeness (QED) is 0.914. The maximum atomic E-state index is 5.65. The van der Waals surface area contributed by atoms with Crippen molar-refractivity contribution in [1.29, 1.82) is 0 Å². The van der Waals surface area contributed by atoms with E-state index in [9.17, 15) is 0 Å². The zero-order chi connectivity index (χ0) is 13.7. The fraction of sp³-hybridized carbons (Fsp3) is 0.875. The molecule has 1 aromatic rings. The van der Waals surface area contributed by atoms with Crippen molar-refractivity contribution in [3.63, 3.8) is 0 Å². The van der Waals surface area contributed by atoms with E-state index >= 15 is 0 Å². The third kappa shape index (κ3) is 2.09. The van der Waals surface area contributed by atoms with Gasteiger partial charge in [-0.25, -0.2) is 4.98 Å². The fourth-order valence-corrected chi connectivity index (χ4v) is 5.74. The molecule has 2 N–H and O–H groups in total. The van der Waals surface area contributed by atoms with Gasteiger partial charge in [0.2, 0.25) is 0 Å². The summed E-state index contributed by atoms with van der Waals surface area (Å²) in [6.45, 7) is 0.656. The van der Waals surface area contributed by atoms with E-state index in [2.05, 4.69) is 5.10 Å². The van der Waals surface area contributed by atoms with Gasteiger partial charge >= 0.3 is 0 Å². The van der Waals surface area contributed by atoms with Crippen LogP contribution in [-0.2, 0) is 19.9 Å². The van der Waals surface area contributed by atoms with Gasteiger partial charge in [0, 0.05) is 19.9 Å². The molecular weight excluding hydrogens is 248 g/mol. The molecule has 1 heterocycles. The first-order valence-corrected chi connectivity index (χ1v) is 8.25. The molecule has 0 aliphatic heterocycles. The second-order valence-electron chi connectivity index (χ2n) is 7.70.